The van der Waals surface area contributed by atoms with Gasteiger partial charge in [-0.3, -0.25) is 0 Å². The zero-order chi connectivity index (χ0) is 24.3. The number of hydrogen-bond acceptors (Lipinski definition) is 7. The molecule has 2 N–H and O–H groups in total. The van der Waals surface area contributed by atoms with Crippen molar-refractivity contribution in [1.82, 2.24) is 24.8 Å². The molecule has 2 heterocycles. The van der Waals surface area contributed by atoms with E-state index in [0.29, 0.717) is 23.7 Å². The Labute approximate surface area is 203 Å². The molecule has 0 spiro atoms. The molecule has 0 unspecified atom stereocenters. The lowest BCUT2D eigenvalue weighted by Crippen LogP contribution is -2.38. The first-order valence-electron chi connectivity index (χ1n) is 11.4. The predicted molar refractivity (Wildman–Crippen MR) is 133 cm³/mol. The van der Waals surface area contributed by atoms with Gasteiger partial charge in [-0.2, -0.15) is 9.61 Å². The fourth-order valence-corrected chi connectivity index (χ4v) is 4.37. The van der Waals surface area contributed by atoms with Crippen LogP contribution in [0.3, 0.4) is 0 Å². The van der Waals surface area contributed by atoms with E-state index in [1.807, 2.05) is 60.7 Å². The fourth-order valence-electron chi connectivity index (χ4n) is 4.37. The maximum absolute atomic E-state index is 9.88. The molecule has 0 saturated carbocycles. The van der Waals surface area contributed by atoms with Gasteiger partial charge in [0.15, 0.2) is 11.6 Å². The Balaban J connectivity index is 1.75. The number of nitrogens with zero attached hydrogens (tertiary/aromatic N) is 5. The van der Waals surface area contributed by atoms with E-state index >= 15 is 0 Å². The van der Waals surface area contributed by atoms with E-state index in [2.05, 4.69) is 49.9 Å². The Morgan fingerprint density at radius 3 is 2.06 bits per heavy atom. The first-order chi connectivity index (χ1) is 17.1. The molecule has 0 aliphatic rings. The van der Waals surface area contributed by atoms with Crippen molar-refractivity contribution in [2.45, 2.75) is 25.0 Å². The van der Waals surface area contributed by atoms with Crippen molar-refractivity contribution in [3.05, 3.63) is 114 Å². The lowest BCUT2D eigenvalue weighted by atomic mass is 9.77. The summed E-state index contributed by atoms with van der Waals surface area (Å²) in [6, 6.07) is 28.4. The van der Waals surface area contributed by atoms with Crippen molar-refractivity contribution in [3.8, 4) is 5.75 Å². The third-order valence-corrected chi connectivity index (χ3v) is 5.99. The number of ether oxygens (including phenoxy) is 1. The second kappa shape index (κ2) is 9.52. The van der Waals surface area contributed by atoms with E-state index in [1.165, 1.54) is 6.33 Å². The monoisotopic (exact) mass is 466 g/mol. The van der Waals surface area contributed by atoms with Crippen molar-refractivity contribution < 1.29 is 9.84 Å². The molecule has 0 radical (unpaired) electrons. The summed E-state index contributed by atoms with van der Waals surface area (Å²) in [5.41, 5.74) is 2.72. The highest BCUT2D eigenvalue weighted by atomic mass is 16.5. The molecule has 1 atom stereocenters. The van der Waals surface area contributed by atoms with Crippen molar-refractivity contribution >= 4 is 11.5 Å². The third kappa shape index (κ3) is 4.20. The van der Waals surface area contributed by atoms with Gasteiger partial charge < -0.3 is 15.2 Å². The second-order valence-electron chi connectivity index (χ2n) is 8.35. The molecule has 0 aliphatic carbocycles. The van der Waals surface area contributed by atoms with Gasteiger partial charge in [-0.1, -0.05) is 72.8 Å². The van der Waals surface area contributed by atoms with Crippen LogP contribution in [0.4, 0.5) is 5.82 Å². The SMILES string of the molecule is COc1ccc(C(Nc2ncnn3c(C[C@@H](C)O)nnc23)(c2ccccc2)c2ccccc2)cc1. The van der Waals surface area contributed by atoms with E-state index in [4.69, 9.17) is 4.74 Å². The minimum atomic E-state index is -0.806. The van der Waals surface area contributed by atoms with Crippen molar-refractivity contribution in [2.24, 2.45) is 0 Å². The van der Waals surface area contributed by atoms with Gasteiger partial charge in [0.2, 0.25) is 5.65 Å². The molecule has 3 aromatic carbocycles. The van der Waals surface area contributed by atoms with Gasteiger partial charge in [0.05, 0.1) is 13.2 Å². The van der Waals surface area contributed by atoms with Gasteiger partial charge in [0.1, 0.15) is 17.6 Å². The van der Waals surface area contributed by atoms with E-state index < -0.39 is 11.6 Å². The van der Waals surface area contributed by atoms with Gasteiger partial charge in [-0.15, -0.1) is 10.2 Å². The van der Waals surface area contributed by atoms with Crippen molar-refractivity contribution in [2.75, 3.05) is 12.4 Å². The number of aliphatic hydroxyl groups excluding tert-OH is 1. The number of fused-ring (bicyclic) bond motifs is 1. The molecular formula is C27H26N6O2. The van der Waals surface area contributed by atoms with Gasteiger partial charge in [-0.05, 0) is 35.7 Å². The summed E-state index contributed by atoms with van der Waals surface area (Å²) in [4.78, 5) is 4.56. The van der Waals surface area contributed by atoms with Crippen LogP contribution in [0.5, 0.6) is 5.75 Å². The molecule has 0 amide bonds. The van der Waals surface area contributed by atoms with Crippen molar-refractivity contribution in [1.29, 1.82) is 0 Å². The average molecular weight is 467 g/mol. The van der Waals surface area contributed by atoms with E-state index in [0.717, 1.165) is 22.4 Å². The van der Waals surface area contributed by atoms with Crippen LogP contribution >= 0.6 is 0 Å². The molecule has 35 heavy (non-hydrogen) atoms. The maximum atomic E-state index is 9.88. The zero-order valence-corrected chi connectivity index (χ0v) is 19.5. The summed E-state index contributed by atoms with van der Waals surface area (Å²) in [6.45, 7) is 1.71. The number of hydrogen-bond donors (Lipinski definition) is 2. The third-order valence-electron chi connectivity index (χ3n) is 5.99. The smallest absolute Gasteiger partial charge is 0.220 e. The summed E-state index contributed by atoms with van der Waals surface area (Å²) in [7, 11) is 1.66. The Bertz CT molecular complexity index is 1360. The number of rotatable bonds is 8. The van der Waals surface area contributed by atoms with Gasteiger partial charge >= 0.3 is 0 Å². The number of aliphatic hydroxyl groups is 1. The molecule has 8 nitrogen and oxygen atoms in total. The first kappa shape index (κ1) is 22.5. The molecule has 176 valence electrons. The first-order valence-corrected chi connectivity index (χ1v) is 11.4. The molecule has 8 heteroatoms. The molecular weight excluding hydrogens is 440 g/mol. The van der Waals surface area contributed by atoms with Crippen LogP contribution in [0.25, 0.3) is 5.65 Å². The van der Waals surface area contributed by atoms with E-state index in [9.17, 15) is 5.11 Å². The molecule has 2 aromatic heterocycles. The number of methoxy groups -OCH3 is 1. The Morgan fingerprint density at radius 1 is 0.886 bits per heavy atom. The average Bonchev–Trinajstić information content (AvgIpc) is 3.31. The summed E-state index contributed by atoms with van der Waals surface area (Å²) in [6.07, 6.45) is 1.23. The summed E-state index contributed by atoms with van der Waals surface area (Å²) in [5.74, 6) is 1.86. The summed E-state index contributed by atoms with van der Waals surface area (Å²) in [5, 5.41) is 26.5. The van der Waals surface area contributed by atoms with Gasteiger partial charge in [0.25, 0.3) is 0 Å². The maximum Gasteiger partial charge on any atom is 0.220 e. The number of aromatic nitrogens is 5. The van der Waals surface area contributed by atoms with Gasteiger partial charge in [-0.25, -0.2) is 4.98 Å². The largest absolute Gasteiger partial charge is 0.497 e. The van der Waals surface area contributed by atoms with E-state index in [1.54, 1.807) is 18.5 Å². The van der Waals surface area contributed by atoms with Crippen LogP contribution < -0.4 is 10.1 Å². The van der Waals surface area contributed by atoms with Crippen LogP contribution in [0, 0.1) is 0 Å². The zero-order valence-electron chi connectivity index (χ0n) is 19.5. The standard InChI is InChI=1S/C27H26N6O2/c1-19(34)17-24-31-32-26-25(28-18-29-33(24)26)30-27(20-9-5-3-6-10-20,21-11-7-4-8-12-21)22-13-15-23(35-2)16-14-22/h3-16,18-19,34H,17H2,1-2H3,(H,28,29,30)/t19-/m1/s1. The Morgan fingerprint density at radius 2 is 1.49 bits per heavy atom. The van der Waals surface area contributed by atoms with Crippen molar-refractivity contribution in [3.63, 3.8) is 0 Å². The highest BCUT2D eigenvalue weighted by Gasteiger charge is 2.37. The second-order valence-corrected chi connectivity index (χ2v) is 8.35. The summed E-state index contributed by atoms with van der Waals surface area (Å²) < 4.78 is 7.04. The Hall–Kier alpha value is -4.30. The lowest BCUT2D eigenvalue weighted by molar-refractivity contribution is 0.192. The fraction of sp³-hybridized carbons (Fsp3) is 0.185. The van der Waals surface area contributed by atoms with Crippen LogP contribution in [-0.4, -0.2) is 43.1 Å². The molecule has 5 aromatic rings. The molecule has 0 bridgehead atoms. The quantitative estimate of drug-likeness (QED) is 0.335. The molecule has 0 saturated heterocycles. The Kier molecular flexibility index (Phi) is 6.12. The van der Waals surface area contributed by atoms with Crippen LogP contribution in [0.2, 0.25) is 0 Å². The molecule has 5 rings (SSSR count). The highest BCUT2D eigenvalue weighted by Crippen LogP contribution is 2.40. The lowest BCUT2D eigenvalue weighted by Gasteiger charge is -2.37. The molecule has 0 fully saturated rings. The van der Waals surface area contributed by atoms with E-state index in [-0.39, 0.29) is 0 Å². The minimum absolute atomic E-state index is 0.332. The van der Waals surface area contributed by atoms with Crippen LogP contribution in [0.15, 0.2) is 91.3 Å². The summed E-state index contributed by atoms with van der Waals surface area (Å²) >= 11 is 0. The number of nitrogens with one attached hydrogen (secondary N) is 1. The number of benzene rings is 3. The molecule has 0 aliphatic heterocycles. The van der Waals surface area contributed by atoms with Gasteiger partial charge in [0, 0.05) is 6.42 Å². The number of anilines is 1. The minimum Gasteiger partial charge on any atom is -0.497 e. The normalized spacial score (nSPS) is 12.4. The topological polar surface area (TPSA) is 97.5 Å². The van der Waals surface area contributed by atoms with Crippen LogP contribution in [0.1, 0.15) is 29.4 Å². The predicted octanol–water partition coefficient (Wildman–Crippen LogP) is 3.86. The van der Waals surface area contributed by atoms with Crippen LogP contribution in [-0.2, 0) is 12.0 Å². The highest BCUT2D eigenvalue weighted by molar-refractivity contribution is 5.67.